The van der Waals surface area contributed by atoms with Crippen molar-refractivity contribution in [1.29, 1.82) is 0 Å². The van der Waals surface area contributed by atoms with Crippen LogP contribution in [0, 0.1) is 0 Å². The molecule has 20 heavy (non-hydrogen) atoms. The van der Waals surface area contributed by atoms with Gasteiger partial charge in [0, 0.05) is 35.2 Å². The van der Waals surface area contributed by atoms with E-state index in [2.05, 4.69) is 35.6 Å². The van der Waals surface area contributed by atoms with Gasteiger partial charge in [0.05, 0.1) is 6.54 Å². The number of nitrogens with zero attached hydrogens (tertiary/aromatic N) is 4. The van der Waals surface area contributed by atoms with Crippen LogP contribution >= 0.6 is 27.5 Å². The summed E-state index contributed by atoms with van der Waals surface area (Å²) in [7, 11) is 0. The Hall–Kier alpha value is -0.950. The van der Waals surface area contributed by atoms with E-state index in [1.165, 1.54) is 0 Å². The molecule has 1 atom stereocenters. The van der Waals surface area contributed by atoms with Gasteiger partial charge < -0.3 is 10.3 Å². The van der Waals surface area contributed by atoms with Crippen molar-refractivity contribution in [3.63, 3.8) is 0 Å². The lowest BCUT2D eigenvalue weighted by Gasteiger charge is -2.34. The maximum atomic E-state index is 6.01. The number of rotatable bonds is 3. The van der Waals surface area contributed by atoms with Gasteiger partial charge in [0.2, 0.25) is 0 Å². The Morgan fingerprint density at radius 1 is 1.40 bits per heavy atom. The molecule has 2 N–H and O–H groups in total. The van der Waals surface area contributed by atoms with Crippen LogP contribution in [0.3, 0.4) is 0 Å². The maximum Gasteiger partial charge on any atom is 0.147 e. The summed E-state index contributed by atoms with van der Waals surface area (Å²) < 4.78 is 3.08. The van der Waals surface area contributed by atoms with Crippen LogP contribution in [0.15, 0.2) is 29.0 Å². The molecule has 3 rings (SSSR count). The van der Waals surface area contributed by atoms with Crippen LogP contribution in [0.4, 0.5) is 0 Å². The van der Waals surface area contributed by atoms with Gasteiger partial charge in [-0.25, -0.2) is 0 Å². The topological polar surface area (TPSA) is 60.0 Å². The molecule has 7 heteroatoms. The molecule has 5 nitrogen and oxygen atoms in total. The minimum absolute atomic E-state index is 0.145. The molecular formula is C13H15BrClN5. The van der Waals surface area contributed by atoms with Gasteiger partial charge in [0.1, 0.15) is 12.2 Å². The van der Waals surface area contributed by atoms with Gasteiger partial charge in [0.15, 0.2) is 0 Å². The molecule has 0 bridgehead atoms. The van der Waals surface area contributed by atoms with Gasteiger partial charge >= 0.3 is 0 Å². The predicted molar refractivity (Wildman–Crippen MR) is 81.4 cm³/mol. The molecule has 0 radical (unpaired) electrons. The second-order valence-corrected chi connectivity index (χ2v) is 6.12. The summed E-state index contributed by atoms with van der Waals surface area (Å²) in [6, 6.07) is 5.98. The number of hydrogen-bond acceptors (Lipinski definition) is 4. The third kappa shape index (κ3) is 2.61. The second-order valence-electron chi connectivity index (χ2n) is 4.83. The lowest BCUT2D eigenvalue weighted by atomic mass is 10.0. The van der Waals surface area contributed by atoms with E-state index in [0.717, 1.165) is 40.5 Å². The highest BCUT2D eigenvalue weighted by Gasteiger charge is 2.26. The standard InChI is InChI=1S/C13H15BrClN5/c14-11-5-9(15)1-2-10(11)12(6-16)19-3-4-20-8-17-18-13(20)7-19/h1-2,5,8,12H,3-4,6-7,16H2. The van der Waals surface area contributed by atoms with Gasteiger partial charge in [-0.1, -0.05) is 33.6 Å². The first-order valence-corrected chi connectivity index (χ1v) is 7.62. The van der Waals surface area contributed by atoms with Crippen molar-refractivity contribution in [3.05, 3.63) is 45.4 Å². The van der Waals surface area contributed by atoms with E-state index < -0.39 is 0 Å². The molecule has 1 aromatic carbocycles. The number of hydrogen-bond donors (Lipinski definition) is 1. The van der Waals surface area contributed by atoms with E-state index in [1.54, 1.807) is 6.33 Å². The van der Waals surface area contributed by atoms with Gasteiger partial charge in [-0.3, -0.25) is 4.90 Å². The minimum atomic E-state index is 0.145. The van der Waals surface area contributed by atoms with E-state index in [-0.39, 0.29) is 6.04 Å². The first-order chi connectivity index (χ1) is 9.69. The summed E-state index contributed by atoms with van der Waals surface area (Å²) in [5.41, 5.74) is 7.16. The summed E-state index contributed by atoms with van der Waals surface area (Å²) >= 11 is 9.59. The summed E-state index contributed by atoms with van der Waals surface area (Å²) in [5, 5.41) is 8.82. The highest BCUT2D eigenvalue weighted by atomic mass is 79.9. The third-order valence-electron chi connectivity index (χ3n) is 3.65. The lowest BCUT2D eigenvalue weighted by molar-refractivity contribution is 0.156. The van der Waals surface area contributed by atoms with Crippen molar-refractivity contribution < 1.29 is 0 Å². The van der Waals surface area contributed by atoms with E-state index in [4.69, 9.17) is 17.3 Å². The average molecular weight is 357 g/mol. The van der Waals surface area contributed by atoms with E-state index >= 15 is 0 Å². The summed E-state index contributed by atoms with van der Waals surface area (Å²) in [6.07, 6.45) is 1.78. The fraction of sp³-hybridized carbons (Fsp3) is 0.385. The Morgan fingerprint density at radius 3 is 3.00 bits per heavy atom. The van der Waals surface area contributed by atoms with E-state index in [9.17, 15) is 0 Å². The molecule has 0 saturated heterocycles. The minimum Gasteiger partial charge on any atom is -0.329 e. The molecule has 0 amide bonds. The molecule has 2 heterocycles. The van der Waals surface area contributed by atoms with Crippen LogP contribution in [-0.2, 0) is 13.1 Å². The lowest BCUT2D eigenvalue weighted by Crippen LogP contribution is -2.39. The van der Waals surface area contributed by atoms with Crippen molar-refractivity contribution >= 4 is 27.5 Å². The Balaban J connectivity index is 1.87. The van der Waals surface area contributed by atoms with Crippen LogP contribution in [0.5, 0.6) is 0 Å². The summed E-state index contributed by atoms with van der Waals surface area (Å²) in [4.78, 5) is 2.33. The molecule has 0 aliphatic carbocycles. The molecule has 0 spiro atoms. The van der Waals surface area contributed by atoms with Crippen LogP contribution < -0.4 is 5.73 Å². The van der Waals surface area contributed by atoms with Gasteiger partial charge in [-0.15, -0.1) is 10.2 Å². The molecule has 1 aliphatic heterocycles. The van der Waals surface area contributed by atoms with Crippen LogP contribution in [-0.4, -0.2) is 32.8 Å². The Kier molecular flexibility index (Phi) is 4.07. The maximum absolute atomic E-state index is 6.01. The van der Waals surface area contributed by atoms with Crippen molar-refractivity contribution in [3.8, 4) is 0 Å². The zero-order valence-electron chi connectivity index (χ0n) is 10.8. The van der Waals surface area contributed by atoms with Gasteiger partial charge in [-0.2, -0.15) is 0 Å². The second kappa shape index (κ2) is 5.81. The normalized spacial score (nSPS) is 16.9. The molecule has 2 aromatic rings. The number of fused-ring (bicyclic) bond motifs is 1. The number of nitrogens with two attached hydrogens (primary N) is 1. The molecule has 0 saturated carbocycles. The zero-order chi connectivity index (χ0) is 14.1. The van der Waals surface area contributed by atoms with E-state index in [1.807, 2.05) is 18.2 Å². The zero-order valence-corrected chi connectivity index (χ0v) is 13.2. The predicted octanol–water partition coefficient (Wildman–Crippen LogP) is 2.21. The van der Waals surface area contributed by atoms with Crippen molar-refractivity contribution in [2.75, 3.05) is 13.1 Å². The fourth-order valence-corrected chi connectivity index (χ4v) is 3.54. The summed E-state index contributed by atoms with van der Waals surface area (Å²) in [6.45, 7) is 3.14. The van der Waals surface area contributed by atoms with Gasteiger partial charge in [-0.05, 0) is 17.7 Å². The van der Waals surface area contributed by atoms with Crippen molar-refractivity contribution in [2.24, 2.45) is 5.73 Å². The molecule has 1 unspecified atom stereocenters. The average Bonchev–Trinajstić information content (AvgIpc) is 2.89. The quantitative estimate of drug-likeness (QED) is 0.916. The molecule has 1 aliphatic rings. The van der Waals surface area contributed by atoms with Crippen molar-refractivity contribution in [1.82, 2.24) is 19.7 Å². The summed E-state index contributed by atoms with van der Waals surface area (Å²) in [5.74, 6) is 0.986. The first-order valence-electron chi connectivity index (χ1n) is 6.45. The number of aromatic nitrogens is 3. The Bertz CT molecular complexity index is 615. The van der Waals surface area contributed by atoms with Crippen molar-refractivity contribution in [2.45, 2.75) is 19.1 Å². The van der Waals surface area contributed by atoms with Gasteiger partial charge in [0.25, 0.3) is 0 Å². The number of benzene rings is 1. The molecule has 106 valence electrons. The number of halogens is 2. The molecule has 1 aromatic heterocycles. The molecular weight excluding hydrogens is 342 g/mol. The molecule has 0 fully saturated rings. The first kappa shape index (κ1) is 14.0. The van der Waals surface area contributed by atoms with Crippen LogP contribution in [0.2, 0.25) is 5.02 Å². The monoisotopic (exact) mass is 355 g/mol. The Labute approximate surface area is 130 Å². The third-order valence-corrected chi connectivity index (χ3v) is 4.58. The SMILES string of the molecule is NCC(c1ccc(Cl)cc1Br)N1CCn2cnnc2C1. The largest absolute Gasteiger partial charge is 0.329 e. The fourth-order valence-electron chi connectivity index (χ4n) is 2.60. The smallest absolute Gasteiger partial charge is 0.147 e. The highest BCUT2D eigenvalue weighted by molar-refractivity contribution is 9.10. The highest BCUT2D eigenvalue weighted by Crippen LogP contribution is 2.31. The Morgan fingerprint density at radius 2 is 2.25 bits per heavy atom. The van der Waals surface area contributed by atoms with Crippen LogP contribution in [0.25, 0.3) is 0 Å². The van der Waals surface area contributed by atoms with Crippen LogP contribution in [0.1, 0.15) is 17.4 Å². The van der Waals surface area contributed by atoms with E-state index in [0.29, 0.717) is 6.54 Å².